The molecule has 0 aliphatic heterocycles. The monoisotopic (exact) mass is 390 g/mol. The summed E-state index contributed by atoms with van der Waals surface area (Å²) in [4.78, 5) is 17.8. The standard InChI is InChI=1S/C18H18N2O4S2/c1-10-16(26-18(19-10)11-5-6-25-9-11)17(21)20-12-7-13(22-2)15(24-4)14(8-12)23-3/h5-9H,1-4H3,(H,20,21). The van der Waals surface area contributed by atoms with E-state index in [9.17, 15) is 4.79 Å². The molecule has 0 bridgehead atoms. The van der Waals surface area contributed by atoms with E-state index in [0.29, 0.717) is 33.5 Å². The van der Waals surface area contributed by atoms with Gasteiger partial charge in [-0.1, -0.05) is 0 Å². The first kappa shape index (κ1) is 18.2. The number of carbonyl (C=O) groups excluding carboxylic acids is 1. The first-order chi connectivity index (χ1) is 12.6. The summed E-state index contributed by atoms with van der Waals surface area (Å²) in [5.74, 6) is 1.20. The van der Waals surface area contributed by atoms with Gasteiger partial charge in [-0.25, -0.2) is 4.98 Å². The normalized spacial score (nSPS) is 10.5. The van der Waals surface area contributed by atoms with Gasteiger partial charge in [0.25, 0.3) is 5.91 Å². The topological polar surface area (TPSA) is 69.7 Å². The highest BCUT2D eigenvalue weighted by Crippen LogP contribution is 2.40. The third-order valence-electron chi connectivity index (χ3n) is 3.69. The minimum absolute atomic E-state index is 0.226. The highest BCUT2D eigenvalue weighted by atomic mass is 32.1. The van der Waals surface area contributed by atoms with Crippen molar-refractivity contribution in [3.63, 3.8) is 0 Å². The zero-order valence-electron chi connectivity index (χ0n) is 14.8. The second-order valence-electron chi connectivity index (χ2n) is 5.31. The molecule has 3 rings (SSSR count). The van der Waals surface area contributed by atoms with Crippen LogP contribution in [0.25, 0.3) is 10.6 Å². The molecule has 0 atom stereocenters. The van der Waals surface area contributed by atoms with E-state index >= 15 is 0 Å². The van der Waals surface area contributed by atoms with Crippen LogP contribution >= 0.6 is 22.7 Å². The van der Waals surface area contributed by atoms with Crippen LogP contribution in [0.5, 0.6) is 17.2 Å². The number of hydrogen-bond donors (Lipinski definition) is 1. The Balaban J connectivity index is 1.89. The summed E-state index contributed by atoms with van der Waals surface area (Å²) in [6, 6.07) is 5.37. The number of amides is 1. The van der Waals surface area contributed by atoms with Crippen LogP contribution in [0.1, 0.15) is 15.4 Å². The van der Waals surface area contributed by atoms with E-state index < -0.39 is 0 Å². The summed E-state index contributed by atoms with van der Waals surface area (Å²) < 4.78 is 15.9. The van der Waals surface area contributed by atoms with Gasteiger partial charge in [-0.2, -0.15) is 11.3 Å². The van der Waals surface area contributed by atoms with Gasteiger partial charge in [0.1, 0.15) is 9.88 Å². The molecular weight excluding hydrogens is 372 g/mol. The van der Waals surface area contributed by atoms with Gasteiger partial charge in [-0.05, 0) is 18.4 Å². The van der Waals surface area contributed by atoms with Crippen molar-refractivity contribution in [2.75, 3.05) is 26.6 Å². The number of nitrogens with zero attached hydrogens (tertiary/aromatic N) is 1. The molecule has 6 nitrogen and oxygen atoms in total. The summed E-state index contributed by atoms with van der Waals surface area (Å²) in [6.07, 6.45) is 0. The van der Waals surface area contributed by atoms with Crippen molar-refractivity contribution in [2.45, 2.75) is 6.92 Å². The fourth-order valence-electron chi connectivity index (χ4n) is 2.46. The molecule has 0 saturated heterocycles. The summed E-state index contributed by atoms with van der Waals surface area (Å²) in [5.41, 5.74) is 2.27. The number of carbonyl (C=O) groups is 1. The SMILES string of the molecule is COc1cc(NC(=O)c2sc(-c3ccsc3)nc2C)cc(OC)c1OC. The molecule has 1 N–H and O–H groups in total. The second-order valence-corrected chi connectivity index (χ2v) is 7.09. The zero-order valence-corrected chi connectivity index (χ0v) is 16.4. The lowest BCUT2D eigenvalue weighted by Crippen LogP contribution is -2.12. The summed E-state index contributed by atoms with van der Waals surface area (Å²) >= 11 is 2.97. The fraction of sp³-hybridized carbons (Fsp3) is 0.222. The number of aromatic nitrogens is 1. The van der Waals surface area contributed by atoms with E-state index in [-0.39, 0.29) is 5.91 Å². The lowest BCUT2D eigenvalue weighted by atomic mass is 10.2. The maximum Gasteiger partial charge on any atom is 0.267 e. The first-order valence-electron chi connectivity index (χ1n) is 7.68. The van der Waals surface area contributed by atoms with Crippen molar-refractivity contribution >= 4 is 34.3 Å². The lowest BCUT2D eigenvalue weighted by Gasteiger charge is -2.14. The van der Waals surface area contributed by atoms with E-state index in [2.05, 4.69) is 10.3 Å². The number of rotatable bonds is 6. The van der Waals surface area contributed by atoms with Gasteiger partial charge in [0, 0.05) is 28.8 Å². The van der Waals surface area contributed by atoms with Crippen molar-refractivity contribution in [2.24, 2.45) is 0 Å². The average Bonchev–Trinajstić information content (AvgIpc) is 3.30. The molecule has 0 saturated carbocycles. The number of benzene rings is 1. The van der Waals surface area contributed by atoms with Crippen LogP contribution in [0.4, 0.5) is 5.69 Å². The Kier molecular flexibility index (Phi) is 5.43. The third kappa shape index (κ3) is 3.51. The molecule has 0 fully saturated rings. The molecule has 0 radical (unpaired) electrons. The Morgan fingerprint density at radius 3 is 2.35 bits per heavy atom. The van der Waals surface area contributed by atoms with E-state index in [1.165, 1.54) is 32.7 Å². The lowest BCUT2D eigenvalue weighted by molar-refractivity contribution is 0.103. The largest absolute Gasteiger partial charge is 0.493 e. The van der Waals surface area contributed by atoms with Crippen LogP contribution in [0, 0.1) is 6.92 Å². The number of aryl methyl sites for hydroxylation is 1. The number of thiophene rings is 1. The van der Waals surface area contributed by atoms with Gasteiger partial charge in [-0.15, -0.1) is 11.3 Å². The van der Waals surface area contributed by atoms with E-state index in [0.717, 1.165) is 10.6 Å². The smallest absolute Gasteiger partial charge is 0.267 e. The number of methoxy groups -OCH3 is 3. The maximum absolute atomic E-state index is 12.7. The van der Waals surface area contributed by atoms with Crippen molar-refractivity contribution in [3.8, 4) is 27.8 Å². The summed E-state index contributed by atoms with van der Waals surface area (Å²) in [7, 11) is 4.60. The molecule has 8 heteroatoms. The summed E-state index contributed by atoms with van der Waals surface area (Å²) in [5, 5.41) is 7.71. The van der Waals surface area contributed by atoms with Gasteiger partial charge >= 0.3 is 0 Å². The molecule has 2 heterocycles. The average molecular weight is 390 g/mol. The van der Waals surface area contributed by atoms with Crippen molar-refractivity contribution in [3.05, 3.63) is 39.5 Å². The molecule has 1 aromatic carbocycles. The summed E-state index contributed by atoms with van der Waals surface area (Å²) in [6.45, 7) is 1.83. The van der Waals surface area contributed by atoms with E-state index in [1.54, 1.807) is 23.5 Å². The van der Waals surface area contributed by atoms with Gasteiger partial charge < -0.3 is 19.5 Å². The van der Waals surface area contributed by atoms with Crippen LogP contribution in [0.2, 0.25) is 0 Å². The number of anilines is 1. The fourth-order valence-corrected chi connectivity index (χ4v) is 4.13. The molecule has 0 unspecified atom stereocenters. The Bertz CT molecular complexity index is 894. The van der Waals surface area contributed by atoms with E-state index in [1.807, 2.05) is 23.8 Å². The molecule has 0 aliphatic rings. The predicted molar refractivity (Wildman–Crippen MR) is 104 cm³/mol. The minimum Gasteiger partial charge on any atom is -0.493 e. The first-order valence-corrected chi connectivity index (χ1v) is 9.44. The Morgan fingerprint density at radius 2 is 1.81 bits per heavy atom. The van der Waals surface area contributed by atoms with Gasteiger partial charge in [0.15, 0.2) is 11.5 Å². The molecule has 1 amide bonds. The van der Waals surface area contributed by atoms with Crippen molar-refractivity contribution in [1.29, 1.82) is 0 Å². The van der Waals surface area contributed by atoms with Crippen LogP contribution in [0.15, 0.2) is 29.0 Å². The molecule has 136 valence electrons. The Morgan fingerprint density at radius 1 is 1.12 bits per heavy atom. The number of hydrogen-bond acceptors (Lipinski definition) is 7. The van der Waals surface area contributed by atoms with Gasteiger partial charge in [0.2, 0.25) is 5.75 Å². The number of ether oxygens (including phenoxy) is 3. The van der Waals surface area contributed by atoms with E-state index in [4.69, 9.17) is 14.2 Å². The zero-order chi connectivity index (χ0) is 18.7. The van der Waals surface area contributed by atoms with Crippen LogP contribution in [-0.2, 0) is 0 Å². The van der Waals surface area contributed by atoms with Crippen LogP contribution in [-0.4, -0.2) is 32.2 Å². The van der Waals surface area contributed by atoms with Gasteiger partial charge in [-0.3, -0.25) is 4.79 Å². The molecule has 26 heavy (non-hydrogen) atoms. The number of nitrogens with one attached hydrogen (secondary N) is 1. The number of thiazole rings is 1. The highest BCUT2D eigenvalue weighted by molar-refractivity contribution is 7.17. The molecular formula is C18H18N2O4S2. The van der Waals surface area contributed by atoms with Gasteiger partial charge in [0.05, 0.1) is 27.0 Å². The molecule has 2 aromatic heterocycles. The highest BCUT2D eigenvalue weighted by Gasteiger charge is 2.19. The Labute approximate surface area is 159 Å². The molecule has 0 spiro atoms. The molecule has 0 aliphatic carbocycles. The minimum atomic E-state index is -0.226. The third-order valence-corrected chi connectivity index (χ3v) is 5.58. The Hall–Kier alpha value is -2.58. The predicted octanol–water partition coefficient (Wildman–Crippen LogP) is 4.46. The van der Waals surface area contributed by atoms with Crippen molar-refractivity contribution in [1.82, 2.24) is 4.98 Å². The van der Waals surface area contributed by atoms with Crippen LogP contribution < -0.4 is 19.5 Å². The van der Waals surface area contributed by atoms with Crippen LogP contribution in [0.3, 0.4) is 0 Å². The second kappa shape index (κ2) is 7.76. The maximum atomic E-state index is 12.7. The van der Waals surface area contributed by atoms with Crippen molar-refractivity contribution < 1.29 is 19.0 Å². The molecule has 3 aromatic rings. The quantitative estimate of drug-likeness (QED) is 0.673.